The van der Waals surface area contributed by atoms with E-state index in [2.05, 4.69) is 70.9 Å². The zero-order chi connectivity index (χ0) is 19.3. The summed E-state index contributed by atoms with van der Waals surface area (Å²) in [6.07, 6.45) is 6.83. The predicted molar refractivity (Wildman–Crippen MR) is 122 cm³/mol. The van der Waals surface area contributed by atoms with E-state index in [9.17, 15) is 0 Å². The molecule has 3 aliphatic rings. The Bertz CT molecular complexity index is 665. The molecule has 4 nitrogen and oxygen atoms in total. The fourth-order valence-electron chi connectivity index (χ4n) is 4.63. The van der Waals surface area contributed by atoms with Crippen LogP contribution in [0.1, 0.15) is 18.4 Å². The zero-order valence-electron chi connectivity index (χ0n) is 16.9. The van der Waals surface area contributed by atoms with Crippen LogP contribution in [0.2, 0.25) is 18.6 Å². The molecule has 0 aromatic heterocycles. The molecule has 0 amide bonds. The van der Waals surface area contributed by atoms with E-state index in [-0.39, 0.29) is 7.43 Å². The van der Waals surface area contributed by atoms with Crippen molar-refractivity contribution >= 4 is 38.6 Å². The number of allylic oxidation sites excluding steroid dienone is 1. The van der Waals surface area contributed by atoms with Crippen LogP contribution in [0.15, 0.2) is 41.4 Å². The molecule has 2 fully saturated rings. The van der Waals surface area contributed by atoms with E-state index >= 15 is 0 Å². The van der Waals surface area contributed by atoms with Crippen molar-refractivity contribution in [1.29, 1.82) is 0 Å². The van der Waals surface area contributed by atoms with Crippen LogP contribution in [0.25, 0.3) is 16.2 Å². The first kappa shape index (κ1) is 24.3. The van der Waals surface area contributed by atoms with Crippen LogP contribution in [0.5, 0.6) is 0 Å². The molecule has 8 heteroatoms. The molecule has 3 atom stereocenters. The molecule has 1 aliphatic carbocycles. The van der Waals surface area contributed by atoms with Crippen LogP contribution >= 0.6 is 18.6 Å². The van der Waals surface area contributed by atoms with Crippen molar-refractivity contribution < 1.29 is 17.0 Å². The number of rotatable bonds is 3. The van der Waals surface area contributed by atoms with E-state index in [1.807, 2.05) is 0 Å². The third-order valence-electron chi connectivity index (χ3n) is 6.10. The van der Waals surface area contributed by atoms with Gasteiger partial charge in [-0.15, -0.1) is 13.3 Å². The molecule has 2 heterocycles. The van der Waals surface area contributed by atoms with Crippen LogP contribution in [-0.4, -0.2) is 45.1 Å². The van der Waals surface area contributed by atoms with Crippen molar-refractivity contribution in [2.75, 3.05) is 20.0 Å². The van der Waals surface area contributed by atoms with Crippen molar-refractivity contribution in [3.05, 3.63) is 60.0 Å². The Hall–Kier alpha value is 0.0212. The first-order chi connectivity index (χ1) is 13.1. The summed E-state index contributed by atoms with van der Waals surface area (Å²) in [6, 6.07) is 11.3. The van der Waals surface area contributed by atoms with Crippen molar-refractivity contribution in [1.82, 2.24) is 4.57 Å². The Morgan fingerprint density at radius 1 is 1.11 bits per heavy atom. The molecule has 4 rings (SSSR count). The van der Waals surface area contributed by atoms with Gasteiger partial charge >= 0.3 is 35.6 Å². The maximum absolute atomic E-state index is 4.96. The van der Waals surface area contributed by atoms with Gasteiger partial charge in [-0.25, -0.2) is 0 Å². The SMILES string of the molecule is C[Si](C)(C1CCC2C(c3ccccc3)=CC=NC21)N1C[N-]C[N-]C1.[CH3-].[Cl][Ti+4][Cl]. The normalized spacial score (nSPS) is 27.3. The molecular formula is C20H29Cl2N4SiTi+. The van der Waals surface area contributed by atoms with Crippen LogP contribution in [0.3, 0.4) is 0 Å². The van der Waals surface area contributed by atoms with E-state index in [0.29, 0.717) is 24.2 Å². The Balaban J connectivity index is 0.000000660. The van der Waals surface area contributed by atoms with Gasteiger partial charge in [-0.2, -0.15) is 0 Å². The Kier molecular flexibility index (Phi) is 9.91. The Labute approximate surface area is 187 Å². The Morgan fingerprint density at radius 2 is 1.75 bits per heavy atom. The number of nitrogens with zero attached hydrogens (tertiary/aromatic N) is 4. The monoisotopic (exact) mass is 471 g/mol. The standard InChI is InChI=1S/C19H26N4Si.CH3.2ClH.Ti/c1-24(2,23-13-20-12-21-14-23)18-9-8-17-16(10-11-22-19(17)18)15-6-4-3-5-7-15;;;;/h3-7,10-11,17-19H,8-9,12-14H2,1-2H3;1H3;2*1H;/q-2;-1;;;+6/p-2. The molecule has 28 heavy (non-hydrogen) atoms. The molecule has 3 unspecified atom stereocenters. The fourth-order valence-corrected chi connectivity index (χ4v) is 8.06. The molecule has 1 aromatic rings. The molecule has 0 N–H and O–H groups in total. The van der Waals surface area contributed by atoms with Gasteiger partial charge in [0.25, 0.3) is 0 Å². The van der Waals surface area contributed by atoms with Crippen LogP contribution < -0.4 is 0 Å². The first-order valence-corrected chi connectivity index (χ1v) is 16.7. The van der Waals surface area contributed by atoms with Crippen LogP contribution in [-0.2, 0) is 17.0 Å². The molecule has 0 radical (unpaired) electrons. The van der Waals surface area contributed by atoms with Crippen molar-refractivity contribution in [3.8, 4) is 0 Å². The molecule has 1 saturated heterocycles. The van der Waals surface area contributed by atoms with Gasteiger partial charge in [-0.3, -0.25) is 11.7 Å². The fraction of sp³-hybridized carbons (Fsp3) is 0.500. The molecule has 1 aromatic carbocycles. The molecule has 0 bridgehead atoms. The molecule has 0 spiro atoms. The molecular weight excluding hydrogens is 443 g/mol. The van der Waals surface area contributed by atoms with Gasteiger partial charge in [0.15, 0.2) is 0 Å². The minimum atomic E-state index is -1.60. The van der Waals surface area contributed by atoms with Crippen molar-refractivity contribution in [2.24, 2.45) is 10.9 Å². The third-order valence-corrected chi connectivity index (χ3v) is 10.5. The van der Waals surface area contributed by atoms with Crippen LogP contribution in [0.4, 0.5) is 0 Å². The number of hydrogen-bond acceptors (Lipinski definition) is 2. The van der Waals surface area contributed by atoms with E-state index in [1.165, 1.54) is 24.0 Å². The summed E-state index contributed by atoms with van der Waals surface area (Å²) >= 11 is -0.556. The van der Waals surface area contributed by atoms with E-state index < -0.39 is 25.3 Å². The third kappa shape index (κ3) is 5.38. The number of dihydropyridines is 1. The number of aliphatic imine (C=N–C) groups is 1. The summed E-state index contributed by atoms with van der Waals surface area (Å²) in [5.74, 6) is 0.577. The van der Waals surface area contributed by atoms with Crippen LogP contribution in [0, 0.1) is 13.3 Å². The average molecular weight is 472 g/mol. The number of hydrogen-bond donors (Lipinski definition) is 0. The van der Waals surface area contributed by atoms with Crippen molar-refractivity contribution in [3.63, 3.8) is 0 Å². The Morgan fingerprint density at radius 3 is 2.39 bits per heavy atom. The summed E-state index contributed by atoms with van der Waals surface area (Å²) in [7, 11) is 8.17. The quantitative estimate of drug-likeness (QED) is 0.378. The van der Waals surface area contributed by atoms with Gasteiger partial charge < -0.3 is 22.6 Å². The van der Waals surface area contributed by atoms with Gasteiger partial charge in [0, 0.05) is 12.1 Å². The first-order valence-electron chi connectivity index (χ1n) is 9.36. The second-order valence-corrected chi connectivity index (χ2v) is 15.0. The molecule has 1 saturated carbocycles. The van der Waals surface area contributed by atoms with E-state index in [0.717, 1.165) is 13.3 Å². The molecule has 150 valence electrons. The van der Waals surface area contributed by atoms with E-state index in [4.69, 9.17) is 23.6 Å². The number of halogens is 2. The predicted octanol–water partition coefficient (Wildman–Crippen LogP) is 6.27. The van der Waals surface area contributed by atoms with Gasteiger partial charge in [0.2, 0.25) is 0 Å². The van der Waals surface area contributed by atoms with Gasteiger partial charge in [-0.1, -0.05) is 43.4 Å². The summed E-state index contributed by atoms with van der Waals surface area (Å²) in [4.78, 5) is 4.96. The summed E-state index contributed by atoms with van der Waals surface area (Å²) in [5, 5.41) is 9.01. The summed E-state index contributed by atoms with van der Waals surface area (Å²) < 4.78 is 2.56. The van der Waals surface area contributed by atoms with Gasteiger partial charge in [-0.05, 0) is 35.6 Å². The second-order valence-electron chi connectivity index (χ2n) is 7.70. The summed E-state index contributed by atoms with van der Waals surface area (Å²) in [6.45, 7) is 7.39. The number of fused-ring (bicyclic) bond motifs is 1. The average Bonchev–Trinajstić information content (AvgIpc) is 3.15. The summed E-state index contributed by atoms with van der Waals surface area (Å²) in [5.41, 5.74) is 3.53. The van der Waals surface area contributed by atoms with Gasteiger partial charge in [0.05, 0.1) is 6.04 Å². The molecule has 2 aliphatic heterocycles. The maximum atomic E-state index is 4.96. The number of benzene rings is 1. The topological polar surface area (TPSA) is 43.8 Å². The van der Waals surface area contributed by atoms with Gasteiger partial charge in [0.1, 0.15) is 8.24 Å². The zero-order valence-corrected chi connectivity index (χ0v) is 20.9. The minimum absolute atomic E-state index is 0. The second kappa shape index (κ2) is 11.4. The van der Waals surface area contributed by atoms with E-state index in [1.54, 1.807) is 0 Å². The van der Waals surface area contributed by atoms with Crippen molar-refractivity contribution in [2.45, 2.75) is 37.5 Å².